The summed E-state index contributed by atoms with van der Waals surface area (Å²) in [6.45, 7) is 7.34. The van der Waals surface area contributed by atoms with Gasteiger partial charge in [0.1, 0.15) is 0 Å². The molecule has 0 bridgehead atoms. The van der Waals surface area contributed by atoms with Crippen molar-refractivity contribution in [1.82, 2.24) is 0 Å². The van der Waals surface area contributed by atoms with E-state index < -0.39 is 14.9 Å². The van der Waals surface area contributed by atoms with Crippen LogP contribution in [-0.2, 0) is 26.8 Å². The maximum absolute atomic E-state index is 14.2. The zero-order valence-electron chi connectivity index (χ0n) is 25.4. The predicted molar refractivity (Wildman–Crippen MR) is 172 cm³/mol. The van der Waals surface area contributed by atoms with E-state index in [-0.39, 0.29) is 0 Å². The van der Waals surface area contributed by atoms with E-state index in [1.54, 1.807) is 0 Å². The second-order valence-electron chi connectivity index (χ2n) is 11.9. The number of hydrogen-bond donors (Lipinski definition) is 0. The lowest BCUT2D eigenvalue weighted by atomic mass is 10.0. The highest BCUT2D eigenvalue weighted by atomic mass is 31.4. The maximum atomic E-state index is 14.2. The average molecular weight is 573 g/mol. The molecule has 0 atom stereocenters. The van der Waals surface area contributed by atoms with Crippen molar-refractivity contribution in [2.75, 3.05) is 0 Å². The smallest absolute Gasteiger partial charge is 0.297 e. The molecule has 0 amide bonds. The highest BCUT2D eigenvalue weighted by molar-refractivity contribution is 7.92. The van der Waals surface area contributed by atoms with Crippen LogP contribution in [0.2, 0.25) is 19.1 Å². The quantitative estimate of drug-likeness (QED) is 0.0713. The van der Waals surface area contributed by atoms with Crippen LogP contribution < -0.4 is 0 Å². The van der Waals surface area contributed by atoms with Crippen molar-refractivity contribution in [3.05, 3.63) is 71.8 Å². The van der Waals surface area contributed by atoms with Gasteiger partial charge in [0.15, 0.2) is 7.74 Å². The zero-order valence-corrected chi connectivity index (χ0v) is 27.3. The van der Waals surface area contributed by atoms with E-state index in [0.29, 0.717) is 13.2 Å². The van der Waals surface area contributed by atoms with E-state index in [1.807, 2.05) is 60.7 Å². The third-order valence-corrected chi connectivity index (χ3v) is 17.8. The molecule has 39 heavy (non-hydrogen) atoms. The number of rotatable bonds is 24. The second-order valence-corrected chi connectivity index (χ2v) is 22.8. The predicted octanol–water partition coefficient (Wildman–Crippen LogP) is 12.1. The first kappa shape index (κ1) is 34.0. The fourth-order valence-corrected chi connectivity index (χ4v) is 11.7. The van der Waals surface area contributed by atoms with Gasteiger partial charge in [-0.3, -0.25) is 4.57 Å². The van der Waals surface area contributed by atoms with Gasteiger partial charge in [0, 0.05) is 0 Å². The Bertz CT molecular complexity index is 840. The van der Waals surface area contributed by atoms with Gasteiger partial charge in [-0.25, -0.2) is 0 Å². The van der Waals surface area contributed by atoms with Crippen LogP contribution >= 0.6 is 7.14 Å². The minimum atomic E-state index is -3.20. The second kappa shape index (κ2) is 20.6. The van der Waals surface area contributed by atoms with Gasteiger partial charge in [-0.05, 0) is 17.2 Å². The molecule has 0 aliphatic rings. The third kappa shape index (κ3) is 14.8. The number of benzene rings is 2. The minimum absolute atomic E-state index is 0.336. The molecule has 0 aliphatic carbocycles. The molecule has 0 spiro atoms. The zero-order chi connectivity index (χ0) is 28.1. The number of unbranched alkanes of at least 4 members (excludes halogenated alkanes) is 15. The molecule has 2 aromatic carbocycles. The molecular weight excluding hydrogens is 515 g/mol. The summed E-state index contributed by atoms with van der Waals surface area (Å²) >= 11 is 0. The van der Waals surface area contributed by atoms with Crippen LogP contribution in [0.4, 0.5) is 0 Å². The molecule has 2 rings (SSSR count). The standard InChI is InChI=1S/C34H57O3PSi/c1-4-5-6-7-8-9-10-11-12-13-14-15-16-17-18-25-30-39(2,3)38(35,36-31-33-26-21-19-22-27-33)37-32-34-28-23-20-24-29-34/h19-24,26-29H,4-18,25,30-32H2,1-3H3. The molecule has 0 heterocycles. The molecule has 2 aromatic rings. The van der Waals surface area contributed by atoms with E-state index in [1.165, 1.54) is 96.3 Å². The van der Waals surface area contributed by atoms with Gasteiger partial charge in [-0.1, -0.05) is 183 Å². The van der Waals surface area contributed by atoms with Crippen LogP contribution in [0.3, 0.4) is 0 Å². The Morgan fingerprint density at radius 2 is 0.872 bits per heavy atom. The Morgan fingerprint density at radius 1 is 0.538 bits per heavy atom. The largest absolute Gasteiger partial charge is 0.308 e. The van der Waals surface area contributed by atoms with Crippen molar-refractivity contribution >= 4 is 14.9 Å². The summed E-state index contributed by atoms with van der Waals surface area (Å²) in [4.78, 5) is 0. The fourth-order valence-electron chi connectivity index (χ4n) is 5.10. The first-order valence-corrected chi connectivity index (χ1v) is 21.5. The molecule has 5 heteroatoms. The molecule has 0 saturated carbocycles. The summed E-state index contributed by atoms with van der Waals surface area (Å²) in [7, 11) is -5.46. The van der Waals surface area contributed by atoms with Crippen molar-refractivity contribution in [1.29, 1.82) is 0 Å². The van der Waals surface area contributed by atoms with E-state index in [9.17, 15) is 4.57 Å². The van der Waals surface area contributed by atoms with Crippen LogP contribution in [-0.4, -0.2) is 7.74 Å². The lowest BCUT2D eigenvalue weighted by molar-refractivity contribution is 0.202. The SMILES string of the molecule is CCCCCCCCCCCCCCCCCC[Si](C)(C)P(=O)(OCc1ccccc1)OCc1ccccc1. The summed E-state index contributed by atoms with van der Waals surface area (Å²) in [5, 5.41) is 0. The van der Waals surface area contributed by atoms with Crippen molar-refractivity contribution in [2.24, 2.45) is 0 Å². The molecule has 0 aromatic heterocycles. The molecule has 220 valence electrons. The Hall–Kier alpha value is -1.19. The molecular formula is C34H57O3PSi. The lowest BCUT2D eigenvalue weighted by Gasteiger charge is -2.31. The van der Waals surface area contributed by atoms with E-state index in [4.69, 9.17) is 9.05 Å². The van der Waals surface area contributed by atoms with Gasteiger partial charge in [-0.15, -0.1) is 0 Å². The minimum Gasteiger partial charge on any atom is -0.308 e. The van der Waals surface area contributed by atoms with Crippen LogP contribution in [0, 0.1) is 0 Å². The summed E-state index contributed by atoms with van der Waals surface area (Å²) in [6.07, 6.45) is 21.8. The third-order valence-electron chi connectivity index (χ3n) is 7.87. The summed E-state index contributed by atoms with van der Waals surface area (Å²) in [5.74, 6) is 0. The van der Waals surface area contributed by atoms with Gasteiger partial charge in [0.05, 0.1) is 13.2 Å². The van der Waals surface area contributed by atoms with Gasteiger partial charge < -0.3 is 9.05 Å². The van der Waals surface area contributed by atoms with Crippen molar-refractivity contribution < 1.29 is 13.6 Å². The average Bonchev–Trinajstić information content (AvgIpc) is 2.95. The summed E-state index contributed by atoms with van der Waals surface area (Å²) in [5.41, 5.74) is 2.07. The monoisotopic (exact) mass is 572 g/mol. The van der Waals surface area contributed by atoms with E-state index in [2.05, 4.69) is 20.0 Å². The number of hydrogen-bond acceptors (Lipinski definition) is 3. The Morgan fingerprint density at radius 3 is 1.23 bits per heavy atom. The highest BCUT2D eigenvalue weighted by Crippen LogP contribution is 2.60. The highest BCUT2D eigenvalue weighted by Gasteiger charge is 2.45. The van der Waals surface area contributed by atoms with Gasteiger partial charge >= 0.3 is 0 Å². The van der Waals surface area contributed by atoms with E-state index in [0.717, 1.165) is 23.6 Å². The topological polar surface area (TPSA) is 35.5 Å². The van der Waals surface area contributed by atoms with Crippen molar-refractivity contribution in [2.45, 2.75) is 142 Å². The van der Waals surface area contributed by atoms with Crippen molar-refractivity contribution in [3.63, 3.8) is 0 Å². The van der Waals surface area contributed by atoms with Crippen LogP contribution in [0.15, 0.2) is 60.7 Å². The summed E-state index contributed by atoms with van der Waals surface area (Å²) < 4.78 is 26.5. The molecule has 0 radical (unpaired) electrons. The van der Waals surface area contributed by atoms with E-state index >= 15 is 0 Å². The Balaban J connectivity index is 1.64. The Labute approximate surface area is 241 Å². The first-order chi connectivity index (χ1) is 19.0. The van der Waals surface area contributed by atoms with Crippen molar-refractivity contribution in [3.8, 4) is 0 Å². The molecule has 0 saturated heterocycles. The van der Waals surface area contributed by atoms with Gasteiger partial charge in [0.25, 0.3) is 7.14 Å². The Kier molecular flexibility index (Phi) is 18.0. The van der Waals surface area contributed by atoms with Crippen LogP contribution in [0.25, 0.3) is 0 Å². The molecule has 0 unspecified atom stereocenters. The summed E-state index contributed by atoms with van der Waals surface area (Å²) in [6, 6.07) is 21.0. The van der Waals surface area contributed by atoms with Crippen LogP contribution in [0.5, 0.6) is 0 Å². The normalized spacial score (nSPS) is 12.2. The molecule has 3 nitrogen and oxygen atoms in total. The fraction of sp³-hybridized carbons (Fsp3) is 0.647. The lowest BCUT2D eigenvalue weighted by Crippen LogP contribution is -2.28. The molecule has 0 fully saturated rings. The van der Waals surface area contributed by atoms with Crippen LogP contribution in [0.1, 0.15) is 121 Å². The molecule has 0 aliphatic heterocycles. The van der Waals surface area contributed by atoms with Gasteiger partial charge in [0.2, 0.25) is 0 Å². The first-order valence-electron chi connectivity index (χ1n) is 15.9. The van der Waals surface area contributed by atoms with Gasteiger partial charge in [-0.2, -0.15) is 0 Å². The maximum Gasteiger partial charge on any atom is 0.297 e. The molecule has 0 N–H and O–H groups in total.